The second-order valence-electron chi connectivity index (χ2n) is 5.91. The minimum Gasteiger partial charge on any atom is -0.385 e. The van der Waals surface area contributed by atoms with Crippen molar-refractivity contribution in [3.05, 3.63) is 35.4 Å². The summed E-state index contributed by atoms with van der Waals surface area (Å²) in [6, 6.07) is 3.64. The molecule has 0 aliphatic carbocycles. The standard InChI is InChI=1S/C17H23F2NO2/c1-22-9-3-5-13-4-2-8-20(12-13)17(21)11-14-6-7-15(18)16(19)10-14/h6-7,10,13H,2-5,8-9,11-12H2,1H3/t13-/m0/s1. The highest BCUT2D eigenvalue weighted by molar-refractivity contribution is 5.78. The Hall–Kier alpha value is -1.49. The van der Waals surface area contributed by atoms with Crippen LogP contribution in [0.2, 0.25) is 0 Å². The lowest BCUT2D eigenvalue weighted by molar-refractivity contribution is -0.132. The number of methoxy groups -OCH3 is 1. The topological polar surface area (TPSA) is 29.5 Å². The minimum atomic E-state index is -0.901. The van der Waals surface area contributed by atoms with E-state index in [0.29, 0.717) is 11.5 Å². The summed E-state index contributed by atoms with van der Waals surface area (Å²) in [5.74, 6) is -1.28. The van der Waals surface area contributed by atoms with Crippen molar-refractivity contribution in [1.29, 1.82) is 0 Å². The molecule has 1 heterocycles. The minimum absolute atomic E-state index is 0.0116. The number of likely N-dealkylation sites (tertiary alicyclic amines) is 1. The van der Waals surface area contributed by atoms with Crippen molar-refractivity contribution in [2.24, 2.45) is 5.92 Å². The zero-order valence-corrected chi connectivity index (χ0v) is 13.0. The van der Waals surface area contributed by atoms with Crippen LogP contribution in [-0.4, -0.2) is 37.6 Å². The number of piperidine rings is 1. The molecule has 1 aliphatic heterocycles. The Labute approximate surface area is 130 Å². The highest BCUT2D eigenvalue weighted by atomic mass is 19.2. The third-order valence-corrected chi connectivity index (χ3v) is 4.17. The van der Waals surface area contributed by atoms with Gasteiger partial charge in [-0.25, -0.2) is 8.78 Å². The second kappa shape index (κ2) is 8.22. The van der Waals surface area contributed by atoms with Crippen LogP contribution in [0.15, 0.2) is 18.2 Å². The van der Waals surface area contributed by atoms with Gasteiger partial charge in [-0.05, 0) is 49.3 Å². The first-order valence-corrected chi connectivity index (χ1v) is 7.80. The lowest BCUT2D eigenvalue weighted by Crippen LogP contribution is -2.40. The van der Waals surface area contributed by atoms with Gasteiger partial charge in [-0.1, -0.05) is 6.07 Å². The predicted molar refractivity (Wildman–Crippen MR) is 80.5 cm³/mol. The van der Waals surface area contributed by atoms with Crippen molar-refractivity contribution < 1.29 is 18.3 Å². The number of halogens is 2. The van der Waals surface area contributed by atoms with Gasteiger partial charge in [0.25, 0.3) is 0 Å². The van der Waals surface area contributed by atoms with E-state index < -0.39 is 11.6 Å². The molecule has 1 atom stereocenters. The maximum absolute atomic E-state index is 13.2. The molecule has 0 radical (unpaired) electrons. The molecule has 3 nitrogen and oxygen atoms in total. The number of ether oxygens (including phenoxy) is 1. The fraction of sp³-hybridized carbons (Fsp3) is 0.588. The van der Waals surface area contributed by atoms with Gasteiger partial charge in [0.05, 0.1) is 6.42 Å². The predicted octanol–water partition coefficient (Wildman–Crippen LogP) is 3.17. The number of amides is 1. The summed E-state index contributed by atoms with van der Waals surface area (Å²) in [6.07, 6.45) is 4.33. The highest BCUT2D eigenvalue weighted by Crippen LogP contribution is 2.22. The lowest BCUT2D eigenvalue weighted by atomic mass is 9.93. The molecule has 1 aliphatic rings. The van der Waals surface area contributed by atoms with Crippen LogP contribution in [0.25, 0.3) is 0 Å². The molecule has 5 heteroatoms. The van der Waals surface area contributed by atoms with Crippen LogP contribution in [-0.2, 0) is 16.0 Å². The molecule has 0 spiro atoms. The molecule has 1 amide bonds. The van der Waals surface area contributed by atoms with Crippen molar-refractivity contribution in [1.82, 2.24) is 4.90 Å². The molecule has 1 aromatic rings. The van der Waals surface area contributed by atoms with Crippen molar-refractivity contribution >= 4 is 5.91 Å². The number of hydrogen-bond donors (Lipinski definition) is 0. The SMILES string of the molecule is COCCC[C@@H]1CCCN(C(=O)Cc2ccc(F)c(F)c2)C1. The first-order chi connectivity index (χ1) is 10.6. The molecular weight excluding hydrogens is 288 g/mol. The highest BCUT2D eigenvalue weighted by Gasteiger charge is 2.23. The van der Waals surface area contributed by atoms with Gasteiger partial charge >= 0.3 is 0 Å². The van der Waals surface area contributed by atoms with Crippen LogP contribution in [0, 0.1) is 17.6 Å². The number of rotatable bonds is 6. The first-order valence-electron chi connectivity index (χ1n) is 7.80. The Morgan fingerprint density at radius 3 is 2.91 bits per heavy atom. The second-order valence-corrected chi connectivity index (χ2v) is 5.91. The zero-order chi connectivity index (χ0) is 15.9. The Balaban J connectivity index is 1.87. The van der Waals surface area contributed by atoms with Gasteiger partial charge in [-0.3, -0.25) is 4.79 Å². The summed E-state index contributed by atoms with van der Waals surface area (Å²) in [5.41, 5.74) is 0.519. The van der Waals surface area contributed by atoms with Gasteiger partial charge in [0, 0.05) is 26.8 Å². The van der Waals surface area contributed by atoms with Crippen LogP contribution in [0.1, 0.15) is 31.2 Å². The molecule has 0 N–H and O–H groups in total. The average molecular weight is 311 g/mol. The van der Waals surface area contributed by atoms with Crippen LogP contribution in [0.5, 0.6) is 0 Å². The number of carbonyl (C=O) groups excluding carboxylic acids is 1. The summed E-state index contributed by atoms with van der Waals surface area (Å²) in [7, 11) is 1.69. The number of hydrogen-bond acceptors (Lipinski definition) is 2. The fourth-order valence-corrected chi connectivity index (χ4v) is 2.98. The summed E-state index contributed by atoms with van der Waals surface area (Å²) in [5, 5.41) is 0. The molecule has 0 aromatic heterocycles. The Morgan fingerprint density at radius 1 is 1.36 bits per heavy atom. The first kappa shape index (κ1) is 16.9. The van der Waals surface area contributed by atoms with Gasteiger partial charge in [-0.2, -0.15) is 0 Å². The van der Waals surface area contributed by atoms with E-state index in [4.69, 9.17) is 4.74 Å². The van der Waals surface area contributed by atoms with E-state index in [9.17, 15) is 13.6 Å². The molecule has 1 saturated heterocycles. The summed E-state index contributed by atoms with van der Waals surface area (Å²) < 4.78 is 31.2. The summed E-state index contributed by atoms with van der Waals surface area (Å²) >= 11 is 0. The largest absolute Gasteiger partial charge is 0.385 e. The monoisotopic (exact) mass is 311 g/mol. The lowest BCUT2D eigenvalue weighted by Gasteiger charge is -2.33. The van der Waals surface area contributed by atoms with E-state index in [1.807, 2.05) is 4.90 Å². The molecule has 122 valence electrons. The number of carbonyl (C=O) groups is 1. The summed E-state index contributed by atoms with van der Waals surface area (Å²) in [4.78, 5) is 14.2. The van der Waals surface area contributed by atoms with Crippen LogP contribution in [0.4, 0.5) is 8.78 Å². The van der Waals surface area contributed by atoms with E-state index in [1.54, 1.807) is 7.11 Å². The van der Waals surface area contributed by atoms with E-state index in [0.717, 1.165) is 57.5 Å². The zero-order valence-electron chi connectivity index (χ0n) is 13.0. The molecule has 1 aromatic carbocycles. The van der Waals surface area contributed by atoms with Gasteiger partial charge in [0.1, 0.15) is 0 Å². The van der Waals surface area contributed by atoms with Gasteiger partial charge in [0.2, 0.25) is 5.91 Å². The molecule has 2 rings (SSSR count). The van der Waals surface area contributed by atoms with Crippen LogP contribution >= 0.6 is 0 Å². The maximum atomic E-state index is 13.2. The fourth-order valence-electron chi connectivity index (χ4n) is 2.98. The van der Waals surface area contributed by atoms with Crippen molar-refractivity contribution in [3.63, 3.8) is 0 Å². The average Bonchev–Trinajstić information content (AvgIpc) is 2.51. The van der Waals surface area contributed by atoms with E-state index >= 15 is 0 Å². The van der Waals surface area contributed by atoms with Gasteiger partial charge in [-0.15, -0.1) is 0 Å². The molecular formula is C17H23F2NO2. The normalized spacial score (nSPS) is 18.5. The third-order valence-electron chi connectivity index (χ3n) is 4.17. The number of benzene rings is 1. The Bertz CT molecular complexity index is 507. The molecule has 0 saturated carbocycles. The Kier molecular flexibility index (Phi) is 6.31. The van der Waals surface area contributed by atoms with Gasteiger partial charge in [0.15, 0.2) is 11.6 Å². The van der Waals surface area contributed by atoms with Crippen molar-refractivity contribution in [2.45, 2.75) is 32.1 Å². The molecule has 0 unspecified atom stereocenters. The van der Waals surface area contributed by atoms with E-state index in [-0.39, 0.29) is 12.3 Å². The van der Waals surface area contributed by atoms with Crippen LogP contribution in [0.3, 0.4) is 0 Å². The maximum Gasteiger partial charge on any atom is 0.227 e. The van der Waals surface area contributed by atoms with E-state index in [1.165, 1.54) is 6.07 Å². The van der Waals surface area contributed by atoms with Crippen LogP contribution < -0.4 is 0 Å². The van der Waals surface area contributed by atoms with Crippen molar-refractivity contribution in [2.75, 3.05) is 26.8 Å². The number of nitrogens with zero attached hydrogens (tertiary/aromatic N) is 1. The molecule has 22 heavy (non-hydrogen) atoms. The third kappa shape index (κ3) is 4.77. The quantitative estimate of drug-likeness (QED) is 0.755. The Morgan fingerprint density at radius 2 is 2.18 bits per heavy atom. The van der Waals surface area contributed by atoms with Crippen molar-refractivity contribution in [3.8, 4) is 0 Å². The smallest absolute Gasteiger partial charge is 0.227 e. The van der Waals surface area contributed by atoms with E-state index in [2.05, 4.69) is 0 Å². The summed E-state index contributed by atoms with van der Waals surface area (Å²) in [6.45, 7) is 2.26. The molecule has 1 fully saturated rings. The van der Waals surface area contributed by atoms with Gasteiger partial charge < -0.3 is 9.64 Å². The molecule has 0 bridgehead atoms.